The van der Waals surface area contributed by atoms with E-state index in [0.29, 0.717) is 24.7 Å². The van der Waals surface area contributed by atoms with Gasteiger partial charge in [0.05, 0.1) is 12.6 Å². The molecule has 1 aliphatic heterocycles. The third-order valence-electron chi connectivity index (χ3n) is 3.60. The fourth-order valence-electron chi connectivity index (χ4n) is 2.36. The van der Waals surface area contributed by atoms with Crippen LogP contribution in [0.2, 0.25) is 0 Å². The number of hydrogen-bond donors (Lipinski definition) is 0. The maximum Gasteiger partial charge on any atom is 0.318 e. The number of aromatic nitrogens is 2. The predicted octanol–water partition coefficient (Wildman–Crippen LogP) is 2.24. The largest absolute Gasteiger partial charge is 0.465 e. The Balaban J connectivity index is 2.13. The summed E-state index contributed by atoms with van der Waals surface area (Å²) in [6.45, 7) is 5.20. The molecule has 0 bridgehead atoms. The zero-order valence-electron chi connectivity index (χ0n) is 12.9. The van der Waals surface area contributed by atoms with Crippen LogP contribution in [0.5, 0.6) is 0 Å². The third kappa shape index (κ3) is 3.97. The highest BCUT2D eigenvalue weighted by atomic mass is 32.2. The van der Waals surface area contributed by atoms with Gasteiger partial charge in [0.25, 0.3) is 0 Å². The summed E-state index contributed by atoms with van der Waals surface area (Å²) in [6.07, 6.45) is 1.52. The van der Waals surface area contributed by atoms with Gasteiger partial charge in [0, 0.05) is 18.1 Å². The van der Waals surface area contributed by atoms with Gasteiger partial charge in [0.2, 0.25) is 5.89 Å². The lowest BCUT2D eigenvalue weighted by atomic mass is 10.0. The molecule has 0 saturated carbocycles. The van der Waals surface area contributed by atoms with Crippen molar-refractivity contribution in [2.75, 3.05) is 31.7 Å². The standard InChI is InChI=1S/C14H23N3O3S/c1-4-6-10(14(18)19-5-2)13-15-12(16-20-13)11-9-21-8-7-17(11)3/h10-11H,4-9H2,1-3H3. The molecule has 2 heterocycles. The van der Waals surface area contributed by atoms with Crippen LogP contribution in [0.3, 0.4) is 0 Å². The van der Waals surface area contributed by atoms with Crippen molar-refractivity contribution >= 4 is 17.7 Å². The molecule has 0 spiro atoms. The van der Waals surface area contributed by atoms with Gasteiger partial charge in [-0.15, -0.1) is 0 Å². The van der Waals surface area contributed by atoms with E-state index in [9.17, 15) is 4.79 Å². The van der Waals surface area contributed by atoms with E-state index >= 15 is 0 Å². The number of esters is 1. The van der Waals surface area contributed by atoms with Crippen molar-refractivity contribution < 1.29 is 14.1 Å². The molecule has 1 fully saturated rings. The van der Waals surface area contributed by atoms with Crippen LogP contribution in [0.1, 0.15) is 50.4 Å². The van der Waals surface area contributed by atoms with Gasteiger partial charge in [-0.3, -0.25) is 9.69 Å². The van der Waals surface area contributed by atoms with E-state index in [0.717, 1.165) is 24.5 Å². The molecule has 118 valence electrons. The number of rotatable bonds is 6. The average molecular weight is 313 g/mol. The normalized spacial score (nSPS) is 21.2. The molecule has 1 aromatic rings. The summed E-state index contributed by atoms with van der Waals surface area (Å²) in [6, 6.07) is 0.158. The molecule has 0 N–H and O–H groups in total. The smallest absolute Gasteiger partial charge is 0.318 e. The summed E-state index contributed by atoms with van der Waals surface area (Å²) in [4.78, 5) is 18.7. The summed E-state index contributed by atoms with van der Waals surface area (Å²) in [5, 5.41) is 4.09. The number of ether oxygens (including phenoxy) is 1. The second-order valence-electron chi connectivity index (χ2n) is 5.16. The molecule has 0 radical (unpaired) electrons. The molecule has 2 atom stereocenters. The van der Waals surface area contributed by atoms with Crippen molar-refractivity contribution in [1.82, 2.24) is 15.0 Å². The Morgan fingerprint density at radius 3 is 3.05 bits per heavy atom. The van der Waals surface area contributed by atoms with Crippen molar-refractivity contribution in [3.63, 3.8) is 0 Å². The highest BCUT2D eigenvalue weighted by Gasteiger charge is 2.31. The quantitative estimate of drug-likeness (QED) is 0.746. The molecule has 1 aliphatic rings. The maximum atomic E-state index is 12.0. The van der Waals surface area contributed by atoms with E-state index in [2.05, 4.69) is 22.1 Å². The van der Waals surface area contributed by atoms with Gasteiger partial charge < -0.3 is 9.26 Å². The van der Waals surface area contributed by atoms with Crippen molar-refractivity contribution in [3.05, 3.63) is 11.7 Å². The molecule has 7 heteroatoms. The minimum atomic E-state index is -0.447. The second kappa shape index (κ2) is 7.79. The molecule has 2 rings (SSSR count). The summed E-state index contributed by atoms with van der Waals surface area (Å²) in [5.74, 6) is 2.41. The number of carbonyl (C=O) groups is 1. The van der Waals surface area contributed by atoms with Gasteiger partial charge in [-0.1, -0.05) is 18.5 Å². The van der Waals surface area contributed by atoms with Crippen LogP contribution in [0.25, 0.3) is 0 Å². The minimum absolute atomic E-state index is 0.158. The average Bonchev–Trinajstić information content (AvgIpc) is 2.94. The molecule has 0 amide bonds. The SMILES string of the molecule is CCCC(C(=O)OCC)c1nc(C2CSCCN2C)no1. The van der Waals surface area contributed by atoms with Crippen LogP contribution in [-0.4, -0.2) is 52.7 Å². The molecule has 21 heavy (non-hydrogen) atoms. The van der Waals surface area contributed by atoms with Crippen LogP contribution >= 0.6 is 11.8 Å². The molecule has 1 saturated heterocycles. The third-order valence-corrected chi connectivity index (χ3v) is 4.62. The number of hydrogen-bond acceptors (Lipinski definition) is 7. The van der Waals surface area contributed by atoms with Crippen LogP contribution in [0.4, 0.5) is 0 Å². The van der Waals surface area contributed by atoms with E-state index in [1.165, 1.54) is 0 Å². The summed E-state index contributed by atoms with van der Waals surface area (Å²) < 4.78 is 10.5. The lowest BCUT2D eigenvalue weighted by Crippen LogP contribution is -2.33. The summed E-state index contributed by atoms with van der Waals surface area (Å²) in [7, 11) is 2.06. The monoisotopic (exact) mass is 313 g/mol. The zero-order valence-corrected chi connectivity index (χ0v) is 13.7. The fraction of sp³-hybridized carbons (Fsp3) is 0.786. The van der Waals surface area contributed by atoms with E-state index in [1.54, 1.807) is 6.92 Å². The zero-order chi connectivity index (χ0) is 15.2. The van der Waals surface area contributed by atoms with Crippen LogP contribution in [0, 0.1) is 0 Å². The maximum absolute atomic E-state index is 12.0. The first-order chi connectivity index (χ1) is 10.2. The minimum Gasteiger partial charge on any atom is -0.465 e. The first kappa shape index (κ1) is 16.3. The Morgan fingerprint density at radius 2 is 2.38 bits per heavy atom. The number of nitrogens with zero attached hydrogens (tertiary/aromatic N) is 3. The van der Waals surface area contributed by atoms with Crippen LogP contribution in [-0.2, 0) is 9.53 Å². The molecular weight excluding hydrogens is 290 g/mol. The molecule has 1 aromatic heterocycles. The van der Waals surface area contributed by atoms with Gasteiger partial charge in [0.1, 0.15) is 5.92 Å². The first-order valence-corrected chi connectivity index (χ1v) is 8.60. The van der Waals surface area contributed by atoms with E-state index in [4.69, 9.17) is 9.26 Å². The van der Waals surface area contributed by atoms with Crippen molar-refractivity contribution in [3.8, 4) is 0 Å². The molecule has 0 aliphatic carbocycles. The van der Waals surface area contributed by atoms with Gasteiger partial charge in [-0.2, -0.15) is 16.7 Å². The highest BCUT2D eigenvalue weighted by Crippen LogP contribution is 2.28. The molecular formula is C14H23N3O3S. The Kier molecular flexibility index (Phi) is 6.05. The first-order valence-electron chi connectivity index (χ1n) is 7.45. The van der Waals surface area contributed by atoms with E-state index in [1.807, 2.05) is 18.7 Å². The van der Waals surface area contributed by atoms with Crippen molar-refractivity contribution in [2.24, 2.45) is 0 Å². The lowest BCUT2D eigenvalue weighted by Gasteiger charge is -2.29. The van der Waals surface area contributed by atoms with Gasteiger partial charge in [-0.25, -0.2) is 0 Å². The highest BCUT2D eigenvalue weighted by molar-refractivity contribution is 7.99. The Morgan fingerprint density at radius 1 is 1.57 bits per heavy atom. The van der Waals surface area contributed by atoms with Crippen LogP contribution < -0.4 is 0 Å². The fourth-order valence-corrected chi connectivity index (χ4v) is 3.57. The van der Waals surface area contributed by atoms with Crippen LogP contribution in [0.15, 0.2) is 4.52 Å². The Hall–Kier alpha value is -1.08. The van der Waals surface area contributed by atoms with Crippen molar-refractivity contribution in [1.29, 1.82) is 0 Å². The molecule has 2 unspecified atom stereocenters. The van der Waals surface area contributed by atoms with Crippen molar-refractivity contribution in [2.45, 2.75) is 38.6 Å². The molecule has 6 nitrogen and oxygen atoms in total. The van der Waals surface area contributed by atoms with Gasteiger partial charge in [-0.05, 0) is 20.4 Å². The van der Waals surface area contributed by atoms with E-state index in [-0.39, 0.29) is 12.0 Å². The molecule has 0 aromatic carbocycles. The Labute approximate surface area is 129 Å². The summed E-state index contributed by atoms with van der Waals surface area (Å²) in [5.41, 5.74) is 0. The Bertz CT molecular complexity index is 466. The van der Waals surface area contributed by atoms with Gasteiger partial charge >= 0.3 is 5.97 Å². The lowest BCUT2D eigenvalue weighted by molar-refractivity contribution is -0.145. The second-order valence-corrected chi connectivity index (χ2v) is 6.31. The number of thioether (sulfide) groups is 1. The topological polar surface area (TPSA) is 68.5 Å². The summed E-state index contributed by atoms with van der Waals surface area (Å²) >= 11 is 1.89. The predicted molar refractivity (Wildman–Crippen MR) is 81.3 cm³/mol. The number of carbonyl (C=O) groups excluding carboxylic acids is 1. The van der Waals surface area contributed by atoms with E-state index < -0.39 is 5.92 Å². The van der Waals surface area contributed by atoms with Gasteiger partial charge in [0.15, 0.2) is 5.82 Å².